The Morgan fingerprint density at radius 2 is 1.89 bits per heavy atom. The maximum absolute atomic E-state index is 6.04. The summed E-state index contributed by atoms with van der Waals surface area (Å²) in [6, 6.07) is 3.74. The van der Waals surface area contributed by atoms with Crippen molar-refractivity contribution in [2.75, 3.05) is 5.32 Å². The number of hydrogen-bond acceptors (Lipinski definition) is 3. The van der Waals surface area contributed by atoms with Crippen LogP contribution >= 0.6 is 46.1 Å². The Kier molecular flexibility index (Phi) is 4.38. The molecule has 2 rings (SSSR count). The quantitative estimate of drug-likeness (QED) is 0.773. The smallest absolute Gasteiger partial charge is 0.150 e. The Labute approximate surface area is 125 Å². The molecule has 0 aliphatic heterocycles. The molecular weight excluding hydrogens is 311 g/mol. The fourth-order valence-corrected chi connectivity index (χ4v) is 3.03. The van der Waals surface area contributed by atoms with Gasteiger partial charge in [0.1, 0.15) is 11.0 Å². The van der Waals surface area contributed by atoms with Crippen molar-refractivity contribution < 1.29 is 0 Å². The molecule has 96 valence electrons. The van der Waals surface area contributed by atoms with Crippen molar-refractivity contribution in [3.05, 3.63) is 42.6 Å². The Hall–Kier alpha value is -0.480. The lowest BCUT2D eigenvalue weighted by Gasteiger charge is -2.07. The molecule has 0 spiro atoms. The normalized spacial score (nSPS) is 10.7. The molecule has 2 aromatic rings. The standard InChI is InChI=1S/C12H11Cl3N2S/c1-6-3-8(18-7(6)2)5-16-12-10(14)4-9(13)11(15)17-12/h3-4H,5H2,1-2H3,(H,16,17). The van der Waals surface area contributed by atoms with Gasteiger partial charge in [-0.2, -0.15) is 0 Å². The lowest BCUT2D eigenvalue weighted by atomic mass is 10.3. The van der Waals surface area contributed by atoms with Crippen molar-refractivity contribution in [2.24, 2.45) is 0 Å². The molecule has 1 N–H and O–H groups in total. The van der Waals surface area contributed by atoms with Crippen LogP contribution in [0.25, 0.3) is 0 Å². The highest BCUT2D eigenvalue weighted by molar-refractivity contribution is 7.12. The zero-order valence-electron chi connectivity index (χ0n) is 9.85. The van der Waals surface area contributed by atoms with Crippen molar-refractivity contribution in [1.29, 1.82) is 0 Å². The minimum atomic E-state index is 0.252. The summed E-state index contributed by atoms with van der Waals surface area (Å²) in [5.41, 5.74) is 1.30. The van der Waals surface area contributed by atoms with E-state index < -0.39 is 0 Å². The van der Waals surface area contributed by atoms with E-state index in [2.05, 4.69) is 30.2 Å². The maximum Gasteiger partial charge on any atom is 0.150 e. The van der Waals surface area contributed by atoms with E-state index in [4.69, 9.17) is 34.8 Å². The van der Waals surface area contributed by atoms with E-state index in [1.54, 1.807) is 17.4 Å². The predicted octanol–water partition coefficient (Wildman–Crippen LogP) is 5.33. The molecule has 0 fully saturated rings. The Morgan fingerprint density at radius 1 is 1.17 bits per heavy atom. The van der Waals surface area contributed by atoms with Gasteiger partial charge in [-0.3, -0.25) is 0 Å². The molecule has 2 aromatic heterocycles. The van der Waals surface area contributed by atoms with Crippen LogP contribution in [0.4, 0.5) is 5.82 Å². The molecule has 6 heteroatoms. The predicted molar refractivity (Wildman–Crippen MR) is 80.4 cm³/mol. The van der Waals surface area contributed by atoms with Crippen molar-refractivity contribution >= 4 is 52.0 Å². The van der Waals surface area contributed by atoms with E-state index >= 15 is 0 Å². The zero-order chi connectivity index (χ0) is 13.3. The van der Waals surface area contributed by atoms with E-state index in [-0.39, 0.29) is 5.15 Å². The summed E-state index contributed by atoms with van der Waals surface area (Å²) in [6.45, 7) is 4.87. The average Bonchev–Trinajstić information content (AvgIpc) is 2.62. The van der Waals surface area contributed by atoms with E-state index in [1.807, 2.05) is 0 Å². The lowest BCUT2D eigenvalue weighted by Crippen LogP contribution is -2.00. The minimum Gasteiger partial charge on any atom is -0.364 e. The van der Waals surface area contributed by atoms with Crippen molar-refractivity contribution in [3.63, 3.8) is 0 Å². The van der Waals surface area contributed by atoms with Gasteiger partial charge in [0.25, 0.3) is 0 Å². The highest BCUT2D eigenvalue weighted by atomic mass is 35.5. The molecular formula is C12H11Cl3N2S. The number of anilines is 1. The van der Waals surface area contributed by atoms with Crippen LogP contribution in [-0.4, -0.2) is 4.98 Å². The van der Waals surface area contributed by atoms with Crippen LogP contribution in [0.2, 0.25) is 15.2 Å². The van der Waals surface area contributed by atoms with Gasteiger partial charge in [0.05, 0.1) is 16.6 Å². The van der Waals surface area contributed by atoms with Gasteiger partial charge in [-0.15, -0.1) is 11.3 Å². The fourth-order valence-electron chi connectivity index (χ4n) is 1.48. The molecule has 18 heavy (non-hydrogen) atoms. The van der Waals surface area contributed by atoms with Gasteiger partial charge < -0.3 is 5.32 Å². The van der Waals surface area contributed by atoms with Crippen LogP contribution in [0.3, 0.4) is 0 Å². The topological polar surface area (TPSA) is 24.9 Å². The molecule has 0 bridgehead atoms. The summed E-state index contributed by atoms with van der Waals surface area (Å²) < 4.78 is 0. The summed E-state index contributed by atoms with van der Waals surface area (Å²) in [5.74, 6) is 0.551. The molecule has 0 aliphatic carbocycles. The number of halogens is 3. The number of rotatable bonds is 3. The molecule has 0 amide bonds. The minimum absolute atomic E-state index is 0.252. The van der Waals surface area contributed by atoms with Crippen LogP contribution in [0, 0.1) is 13.8 Å². The largest absolute Gasteiger partial charge is 0.364 e. The first-order valence-corrected chi connectivity index (χ1v) is 7.23. The van der Waals surface area contributed by atoms with Gasteiger partial charge in [0.2, 0.25) is 0 Å². The van der Waals surface area contributed by atoms with Crippen LogP contribution in [0.5, 0.6) is 0 Å². The van der Waals surface area contributed by atoms with Gasteiger partial charge in [-0.05, 0) is 31.5 Å². The fraction of sp³-hybridized carbons (Fsp3) is 0.250. The van der Waals surface area contributed by atoms with Gasteiger partial charge in [0.15, 0.2) is 0 Å². The maximum atomic E-state index is 6.04. The Balaban J connectivity index is 2.13. The van der Waals surface area contributed by atoms with Gasteiger partial charge in [-0.25, -0.2) is 4.98 Å². The third kappa shape index (κ3) is 3.09. The summed E-state index contributed by atoms with van der Waals surface area (Å²) in [4.78, 5) is 6.66. The SMILES string of the molecule is Cc1cc(CNc2nc(Cl)c(Cl)cc2Cl)sc1C. The second-order valence-electron chi connectivity index (χ2n) is 3.90. The third-order valence-electron chi connectivity index (χ3n) is 2.53. The molecule has 2 heterocycles. The molecule has 0 saturated heterocycles. The van der Waals surface area contributed by atoms with Crippen LogP contribution < -0.4 is 5.32 Å². The highest BCUT2D eigenvalue weighted by Gasteiger charge is 2.08. The molecule has 0 saturated carbocycles. The molecule has 0 atom stereocenters. The monoisotopic (exact) mass is 320 g/mol. The van der Waals surface area contributed by atoms with Crippen molar-refractivity contribution in [3.8, 4) is 0 Å². The first-order valence-electron chi connectivity index (χ1n) is 5.28. The molecule has 0 unspecified atom stereocenters. The average molecular weight is 322 g/mol. The van der Waals surface area contributed by atoms with Crippen LogP contribution in [-0.2, 0) is 6.54 Å². The first kappa shape index (κ1) is 13.9. The van der Waals surface area contributed by atoms with E-state index in [0.29, 0.717) is 22.4 Å². The van der Waals surface area contributed by atoms with Crippen LogP contribution in [0.15, 0.2) is 12.1 Å². The number of nitrogens with one attached hydrogen (secondary N) is 1. The number of pyridine rings is 1. The molecule has 0 radical (unpaired) electrons. The summed E-state index contributed by atoms with van der Waals surface area (Å²) in [7, 11) is 0. The molecule has 2 nitrogen and oxygen atoms in total. The highest BCUT2D eigenvalue weighted by Crippen LogP contribution is 2.29. The zero-order valence-corrected chi connectivity index (χ0v) is 12.9. The van der Waals surface area contributed by atoms with Gasteiger partial charge in [-0.1, -0.05) is 34.8 Å². The first-order chi connectivity index (χ1) is 8.47. The van der Waals surface area contributed by atoms with E-state index in [0.717, 1.165) is 0 Å². The molecule has 0 aliphatic rings. The third-order valence-corrected chi connectivity index (χ3v) is 4.65. The second-order valence-corrected chi connectivity index (χ2v) is 6.41. The van der Waals surface area contributed by atoms with Crippen molar-refractivity contribution in [2.45, 2.75) is 20.4 Å². The summed E-state index contributed by atoms with van der Waals surface area (Å²) in [6.07, 6.45) is 0. The number of aromatic nitrogens is 1. The second kappa shape index (κ2) is 5.66. The number of nitrogens with zero attached hydrogens (tertiary/aromatic N) is 1. The summed E-state index contributed by atoms with van der Waals surface area (Å²) in [5, 5.41) is 4.24. The van der Waals surface area contributed by atoms with E-state index in [9.17, 15) is 0 Å². The Morgan fingerprint density at radius 3 is 2.50 bits per heavy atom. The lowest BCUT2D eigenvalue weighted by molar-refractivity contribution is 1.14. The van der Waals surface area contributed by atoms with Crippen molar-refractivity contribution in [1.82, 2.24) is 4.98 Å². The van der Waals surface area contributed by atoms with Gasteiger partial charge >= 0.3 is 0 Å². The number of hydrogen-bond donors (Lipinski definition) is 1. The van der Waals surface area contributed by atoms with E-state index in [1.165, 1.54) is 15.3 Å². The van der Waals surface area contributed by atoms with Gasteiger partial charge in [0, 0.05) is 9.75 Å². The number of thiophene rings is 1. The van der Waals surface area contributed by atoms with Crippen LogP contribution in [0.1, 0.15) is 15.3 Å². The Bertz CT molecular complexity index is 561. The molecule has 0 aromatic carbocycles. The summed E-state index contributed by atoms with van der Waals surface area (Å²) >= 11 is 19.5. The number of aryl methyl sites for hydroxylation is 2.